The first kappa shape index (κ1) is 15.2. The first-order chi connectivity index (χ1) is 7.47. The molecule has 0 aromatic rings. The maximum atomic E-state index is 11.0. The van der Waals surface area contributed by atoms with Gasteiger partial charge in [0, 0.05) is 0 Å². The number of ether oxygens (including phenoxy) is 2. The molecule has 0 unspecified atom stereocenters. The Bertz CT molecular complexity index is 263. The second-order valence-electron chi connectivity index (χ2n) is 2.89. The Morgan fingerprint density at radius 3 is 2.44 bits per heavy atom. The molecule has 7 heteroatoms. The van der Waals surface area contributed by atoms with Gasteiger partial charge in [-0.1, -0.05) is 6.58 Å². The van der Waals surface area contributed by atoms with E-state index in [0.29, 0.717) is 0 Å². The second kappa shape index (κ2) is 8.35. The first-order valence-corrected chi connectivity index (χ1v) is 6.00. The van der Waals surface area contributed by atoms with Crippen molar-refractivity contribution in [2.75, 3.05) is 26.0 Å². The van der Waals surface area contributed by atoms with Crippen molar-refractivity contribution >= 4 is 20.1 Å². The van der Waals surface area contributed by atoms with Crippen molar-refractivity contribution in [2.45, 2.75) is 6.92 Å². The highest BCUT2D eigenvalue weighted by atomic mass is 31.2. The normalized spacial score (nSPS) is 10.2. The number of hydrogen-bond donors (Lipinski definition) is 2. The van der Waals surface area contributed by atoms with Crippen molar-refractivity contribution < 1.29 is 28.8 Å². The average Bonchev–Trinajstić information content (AvgIpc) is 2.16. The van der Waals surface area contributed by atoms with Crippen LogP contribution in [0.1, 0.15) is 6.92 Å². The number of esters is 1. The van der Waals surface area contributed by atoms with Crippen LogP contribution in [0, 0.1) is 0 Å². The molecule has 0 saturated carbocycles. The lowest BCUT2D eigenvalue weighted by Crippen LogP contribution is -2.16. The number of rotatable bonds is 8. The zero-order chi connectivity index (χ0) is 12.6. The van der Waals surface area contributed by atoms with Crippen molar-refractivity contribution in [3.63, 3.8) is 0 Å². The highest BCUT2D eigenvalue weighted by Crippen LogP contribution is 2.21. The maximum Gasteiger partial charge on any atom is 0.335 e. The Labute approximate surface area is 94.8 Å². The lowest BCUT2D eigenvalue weighted by atomic mass is 10.3. The monoisotopic (exact) mass is 250 g/mol. The minimum Gasteiger partial charge on any atom is -0.463 e. The molecule has 0 aliphatic carbocycles. The predicted molar refractivity (Wildman–Crippen MR) is 57.8 cm³/mol. The van der Waals surface area contributed by atoms with E-state index in [-0.39, 0.29) is 31.6 Å². The molecule has 92 valence electrons. The van der Waals surface area contributed by atoms with E-state index in [4.69, 9.17) is 14.5 Å². The number of carbonyl (C=O) groups is 2. The molecule has 0 fully saturated rings. The lowest BCUT2D eigenvalue weighted by Gasteiger charge is -2.06. The third kappa shape index (κ3) is 7.48. The zero-order valence-corrected chi connectivity index (χ0v) is 9.90. The molecule has 0 aliphatic heterocycles. The van der Waals surface area contributed by atoms with E-state index in [9.17, 15) is 9.59 Å². The van der Waals surface area contributed by atoms with E-state index in [1.807, 2.05) is 0 Å². The summed E-state index contributed by atoms with van der Waals surface area (Å²) in [6, 6.07) is 0. The molecule has 2 N–H and O–H groups in total. The largest absolute Gasteiger partial charge is 0.463 e. The van der Waals surface area contributed by atoms with Crippen molar-refractivity contribution in [3.8, 4) is 0 Å². The fourth-order valence-corrected chi connectivity index (χ4v) is 1.19. The van der Waals surface area contributed by atoms with Gasteiger partial charge in [0.15, 0.2) is 14.2 Å². The van der Waals surface area contributed by atoms with Crippen LogP contribution in [-0.2, 0) is 19.1 Å². The van der Waals surface area contributed by atoms with Crippen LogP contribution >= 0.6 is 8.38 Å². The molecule has 0 saturated heterocycles. The van der Waals surface area contributed by atoms with E-state index in [2.05, 4.69) is 11.3 Å². The Kier molecular flexibility index (Phi) is 7.93. The number of carbonyl (C=O) groups excluding carboxylic acids is 2. The third-order valence-corrected chi connectivity index (χ3v) is 2.06. The van der Waals surface area contributed by atoms with Crippen LogP contribution in [0.2, 0.25) is 0 Å². The first-order valence-electron chi connectivity index (χ1n) is 4.57. The van der Waals surface area contributed by atoms with Crippen molar-refractivity contribution in [3.05, 3.63) is 12.2 Å². The lowest BCUT2D eigenvalue weighted by molar-refractivity contribution is -0.139. The number of Topliss-reactive ketones (excluding diaryl/α,β-unsaturated/α-hetero) is 1. The van der Waals surface area contributed by atoms with Crippen LogP contribution in [0.3, 0.4) is 0 Å². The predicted octanol–water partition coefficient (Wildman–Crippen LogP) is -0.0121. The van der Waals surface area contributed by atoms with Gasteiger partial charge in [0.05, 0.1) is 24.9 Å². The van der Waals surface area contributed by atoms with E-state index < -0.39 is 20.1 Å². The van der Waals surface area contributed by atoms with Gasteiger partial charge in [0.25, 0.3) is 0 Å². The summed E-state index contributed by atoms with van der Waals surface area (Å²) in [7, 11) is -2.23. The summed E-state index contributed by atoms with van der Waals surface area (Å²) < 4.78 is 9.51. The average molecular weight is 250 g/mol. The zero-order valence-electron chi connectivity index (χ0n) is 9.01. The molecule has 0 atom stereocenters. The summed E-state index contributed by atoms with van der Waals surface area (Å²) in [6.07, 6.45) is -0.332. The minimum absolute atomic E-state index is 0.112. The molecular formula is C9H15O6P. The van der Waals surface area contributed by atoms with Crippen LogP contribution in [0.5, 0.6) is 0 Å². The van der Waals surface area contributed by atoms with Crippen molar-refractivity contribution in [1.82, 2.24) is 0 Å². The molecule has 0 heterocycles. The molecule has 0 aromatic heterocycles. The third-order valence-electron chi connectivity index (χ3n) is 1.42. The summed E-state index contributed by atoms with van der Waals surface area (Å²) in [4.78, 5) is 39.1. The fraction of sp³-hybridized carbons (Fsp3) is 0.556. The SMILES string of the molecule is C=C(COCC(=O)CP(O)O)C(=O)OCC. The molecule has 0 spiro atoms. The maximum absolute atomic E-state index is 11.0. The Morgan fingerprint density at radius 2 is 1.94 bits per heavy atom. The van der Waals surface area contributed by atoms with Gasteiger partial charge in [0.2, 0.25) is 0 Å². The van der Waals surface area contributed by atoms with E-state index >= 15 is 0 Å². The van der Waals surface area contributed by atoms with Gasteiger partial charge in [-0.3, -0.25) is 4.79 Å². The standard InChI is InChI=1S/C9H15O6P/c1-3-15-9(11)7(2)4-14-5-8(10)6-16(12)13/h12-13H,2-6H2,1H3. The van der Waals surface area contributed by atoms with Crippen LogP contribution in [0.25, 0.3) is 0 Å². The molecule has 0 amide bonds. The summed E-state index contributed by atoms with van der Waals surface area (Å²) >= 11 is 0. The molecule has 0 aliphatic rings. The smallest absolute Gasteiger partial charge is 0.335 e. The van der Waals surface area contributed by atoms with Gasteiger partial charge in [-0.15, -0.1) is 0 Å². The number of hydrogen-bond acceptors (Lipinski definition) is 6. The van der Waals surface area contributed by atoms with E-state index in [0.717, 1.165) is 0 Å². The Balaban J connectivity index is 3.69. The quantitative estimate of drug-likeness (QED) is 0.357. The topological polar surface area (TPSA) is 93.1 Å². The Morgan fingerprint density at radius 1 is 1.31 bits per heavy atom. The summed E-state index contributed by atoms with van der Waals surface area (Å²) in [5.41, 5.74) is 0.116. The van der Waals surface area contributed by atoms with Gasteiger partial charge >= 0.3 is 5.97 Å². The molecule has 0 aromatic carbocycles. The second-order valence-corrected chi connectivity index (χ2v) is 3.95. The van der Waals surface area contributed by atoms with Gasteiger partial charge in [-0.05, 0) is 6.92 Å². The summed E-state index contributed by atoms with van der Waals surface area (Å²) in [5.74, 6) is -1.01. The highest BCUT2D eigenvalue weighted by molar-refractivity contribution is 7.46. The van der Waals surface area contributed by atoms with Crippen LogP contribution in [0.4, 0.5) is 0 Å². The Hall–Kier alpha value is -0.810. The van der Waals surface area contributed by atoms with Crippen LogP contribution in [-0.4, -0.2) is 47.5 Å². The van der Waals surface area contributed by atoms with E-state index in [1.54, 1.807) is 6.92 Å². The van der Waals surface area contributed by atoms with Gasteiger partial charge in [-0.25, -0.2) is 4.79 Å². The molecule has 16 heavy (non-hydrogen) atoms. The summed E-state index contributed by atoms with van der Waals surface area (Å²) in [5, 5.41) is 0. The van der Waals surface area contributed by atoms with Crippen LogP contribution < -0.4 is 0 Å². The molecular weight excluding hydrogens is 235 g/mol. The molecule has 0 bridgehead atoms. The summed E-state index contributed by atoms with van der Waals surface area (Å²) in [6.45, 7) is 4.95. The highest BCUT2D eigenvalue weighted by Gasteiger charge is 2.11. The van der Waals surface area contributed by atoms with E-state index in [1.165, 1.54) is 0 Å². The minimum atomic E-state index is -2.23. The van der Waals surface area contributed by atoms with Crippen molar-refractivity contribution in [2.24, 2.45) is 0 Å². The fourth-order valence-electron chi connectivity index (χ4n) is 0.784. The van der Waals surface area contributed by atoms with Gasteiger partial charge in [0.1, 0.15) is 6.61 Å². The van der Waals surface area contributed by atoms with Gasteiger partial charge < -0.3 is 19.3 Å². The van der Waals surface area contributed by atoms with Crippen molar-refractivity contribution in [1.29, 1.82) is 0 Å². The number of ketones is 1. The van der Waals surface area contributed by atoms with Crippen LogP contribution in [0.15, 0.2) is 12.2 Å². The van der Waals surface area contributed by atoms with Gasteiger partial charge in [-0.2, -0.15) is 0 Å². The molecule has 6 nitrogen and oxygen atoms in total. The molecule has 0 radical (unpaired) electrons. The molecule has 0 rings (SSSR count).